The maximum atomic E-state index is 13.9. The summed E-state index contributed by atoms with van der Waals surface area (Å²) in [7, 11) is 0. The van der Waals surface area contributed by atoms with E-state index in [0.717, 1.165) is 24.9 Å². The first-order valence-corrected chi connectivity index (χ1v) is 7.31. The van der Waals surface area contributed by atoms with Crippen molar-refractivity contribution in [1.29, 1.82) is 0 Å². The third kappa shape index (κ3) is 4.50. The third-order valence-corrected chi connectivity index (χ3v) is 3.47. The van der Waals surface area contributed by atoms with E-state index < -0.39 is 0 Å². The van der Waals surface area contributed by atoms with E-state index in [2.05, 4.69) is 19.2 Å². The lowest BCUT2D eigenvalue weighted by Crippen LogP contribution is -2.19. The highest BCUT2D eigenvalue weighted by Gasteiger charge is 2.18. The van der Waals surface area contributed by atoms with Crippen molar-refractivity contribution in [2.45, 2.75) is 52.2 Å². The Bertz CT molecular complexity index is 400. The summed E-state index contributed by atoms with van der Waals surface area (Å²) in [4.78, 5) is 0. The largest absolute Gasteiger partial charge is 0.487 e. The van der Waals surface area contributed by atoms with Gasteiger partial charge in [-0.05, 0) is 55.8 Å². The van der Waals surface area contributed by atoms with Gasteiger partial charge in [-0.25, -0.2) is 4.39 Å². The third-order valence-electron chi connectivity index (χ3n) is 3.47. The van der Waals surface area contributed by atoms with Crippen molar-refractivity contribution in [2.24, 2.45) is 5.92 Å². The highest BCUT2D eigenvalue weighted by atomic mass is 19.1. The number of halogens is 1. The van der Waals surface area contributed by atoms with Gasteiger partial charge in [0.2, 0.25) is 0 Å². The van der Waals surface area contributed by atoms with Crippen molar-refractivity contribution in [3.8, 4) is 5.75 Å². The SMILES string of the molecule is CC(C)CNCc1ccc(OC2CCCC2)c(F)c1. The monoisotopic (exact) mass is 265 g/mol. The van der Waals surface area contributed by atoms with Gasteiger partial charge in [0.05, 0.1) is 6.10 Å². The fourth-order valence-corrected chi connectivity index (χ4v) is 2.44. The molecule has 0 saturated heterocycles. The summed E-state index contributed by atoms with van der Waals surface area (Å²) in [6.45, 7) is 5.97. The molecule has 2 rings (SSSR count). The molecular weight excluding hydrogens is 241 g/mol. The molecule has 0 unspecified atom stereocenters. The van der Waals surface area contributed by atoms with Crippen LogP contribution in [0.2, 0.25) is 0 Å². The van der Waals surface area contributed by atoms with Gasteiger partial charge in [-0.1, -0.05) is 19.9 Å². The number of nitrogens with one attached hydrogen (secondary N) is 1. The van der Waals surface area contributed by atoms with Crippen LogP contribution >= 0.6 is 0 Å². The van der Waals surface area contributed by atoms with Crippen molar-refractivity contribution < 1.29 is 9.13 Å². The lowest BCUT2D eigenvalue weighted by atomic mass is 10.2. The van der Waals surface area contributed by atoms with E-state index in [1.807, 2.05) is 6.07 Å². The zero-order valence-corrected chi connectivity index (χ0v) is 11.9. The van der Waals surface area contributed by atoms with Gasteiger partial charge in [0, 0.05) is 6.54 Å². The minimum Gasteiger partial charge on any atom is -0.487 e. The normalized spacial score (nSPS) is 16.2. The van der Waals surface area contributed by atoms with Crippen molar-refractivity contribution in [3.63, 3.8) is 0 Å². The van der Waals surface area contributed by atoms with E-state index in [4.69, 9.17) is 4.74 Å². The predicted molar refractivity (Wildman–Crippen MR) is 75.8 cm³/mol. The Kier molecular flexibility index (Phi) is 5.20. The molecule has 0 radical (unpaired) electrons. The smallest absolute Gasteiger partial charge is 0.165 e. The first-order valence-electron chi connectivity index (χ1n) is 7.31. The zero-order valence-electron chi connectivity index (χ0n) is 11.9. The second-order valence-electron chi connectivity index (χ2n) is 5.81. The average Bonchev–Trinajstić information content (AvgIpc) is 2.85. The Morgan fingerprint density at radius 2 is 2.05 bits per heavy atom. The number of rotatable bonds is 6. The van der Waals surface area contributed by atoms with Gasteiger partial charge in [0.15, 0.2) is 11.6 Å². The van der Waals surface area contributed by atoms with Crippen LogP contribution in [-0.2, 0) is 6.54 Å². The maximum Gasteiger partial charge on any atom is 0.165 e. The summed E-state index contributed by atoms with van der Waals surface area (Å²) in [5.41, 5.74) is 0.969. The Morgan fingerprint density at radius 3 is 2.68 bits per heavy atom. The molecular formula is C16H24FNO. The second kappa shape index (κ2) is 6.90. The summed E-state index contributed by atoms with van der Waals surface area (Å²) >= 11 is 0. The van der Waals surface area contributed by atoms with E-state index >= 15 is 0 Å². The van der Waals surface area contributed by atoms with E-state index in [1.165, 1.54) is 12.8 Å². The lowest BCUT2D eigenvalue weighted by molar-refractivity contribution is 0.200. The molecule has 0 bridgehead atoms. The maximum absolute atomic E-state index is 13.9. The molecule has 1 fully saturated rings. The van der Waals surface area contributed by atoms with Crippen LogP contribution in [0.5, 0.6) is 5.75 Å². The van der Waals surface area contributed by atoms with Crippen molar-refractivity contribution >= 4 is 0 Å². The van der Waals surface area contributed by atoms with Gasteiger partial charge in [-0.3, -0.25) is 0 Å². The van der Waals surface area contributed by atoms with Gasteiger partial charge in [-0.2, -0.15) is 0 Å². The molecule has 0 aromatic heterocycles. The van der Waals surface area contributed by atoms with E-state index in [-0.39, 0.29) is 11.9 Å². The predicted octanol–water partition coefficient (Wildman–Crippen LogP) is 3.89. The van der Waals surface area contributed by atoms with Gasteiger partial charge in [-0.15, -0.1) is 0 Å². The quantitative estimate of drug-likeness (QED) is 0.842. The standard InChI is InChI=1S/C16H24FNO/c1-12(2)10-18-11-13-7-8-16(15(17)9-13)19-14-5-3-4-6-14/h7-9,12,14,18H,3-6,10-11H2,1-2H3. The molecule has 0 aliphatic heterocycles. The van der Waals surface area contributed by atoms with Crippen molar-refractivity contribution in [3.05, 3.63) is 29.6 Å². The lowest BCUT2D eigenvalue weighted by Gasteiger charge is -2.14. The number of hydrogen-bond donors (Lipinski definition) is 1. The Labute approximate surface area is 115 Å². The molecule has 2 nitrogen and oxygen atoms in total. The fourth-order valence-electron chi connectivity index (χ4n) is 2.44. The molecule has 106 valence electrons. The second-order valence-corrected chi connectivity index (χ2v) is 5.81. The molecule has 0 spiro atoms. The zero-order chi connectivity index (χ0) is 13.7. The van der Waals surface area contributed by atoms with Crippen molar-refractivity contribution in [2.75, 3.05) is 6.54 Å². The molecule has 0 atom stereocenters. The van der Waals surface area contributed by atoms with Crippen LogP contribution < -0.4 is 10.1 Å². The van der Waals surface area contributed by atoms with Crippen molar-refractivity contribution in [1.82, 2.24) is 5.32 Å². The Hall–Kier alpha value is -1.09. The van der Waals surface area contributed by atoms with E-state index in [9.17, 15) is 4.39 Å². The molecule has 1 aliphatic carbocycles. The Balaban J connectivity index is 1.88. The van der Waals surface area contributed by atoms with Crippen LogP contribution in [0.3, 0.4) is 0 Å². The van der Waals surface area contributed by atoms with Gasteiger partial charge in [0.25, 0.3) is 0 Å². The van der Waals surface area contributed by atoms with Gasteiger partial charge >= 0.3 is 0 Å². The molecule has 19 heavy (non-hydrogen) atoms. The molecule has 0 amide bonds. The van der Waals surface area contributed by atoms with E-state index in [1.54, 1.807) is 12.1 Å². The van der Waals surface area contributed by atoms with Crippen LogP contribution in [0, 0.1) is 11.7 Å². The summed E-state index contributed by atoms with van der Waals surface area (Å²) in [6.07, 6.45) is 4.71. The van der Waals surface area contributed by atoms with Gasteiger partial charge < -0.3 is 10.1 Å². The molecule has 0 heterocycles. The van der Waals surface area contributed by atoms with Crippen LogP contribution in [0.25, 0.3) is 0 Å². The molecule has 3 heteroatoms. The molecule has 1 N–H and O–H groups in total. The molecule has 1 aromatic rings. The summed E-state index contributed by atoms with van der Waals surface area (Å²) in [5.74, 6) is 0.769. The summed E-state index contributed by atoms with van der Waals surface area (Å²) < 4.78 is 19.6. The number of benzene rings is 1. The molecule has 1 aromatic carbocycles. The minimum atomic E-state index is -0.240. The molecule has 1 saturated carbocycles. The topological polar surface area (TPSA) is 21.3 Å². The van der Waals surface area contributed by atoms with Crippen LogP contribution in [-0.4, -0.2) is 12.6 Å². The highest BCUT2D eigenvalue weighted by Crippen LogP contribution is 2.26. The van der Waals surface area contributed by atoms with Crippen LogP contribution in [0.15, 0.2) is 18.2 Å². The van der Waals surface area contributed by atoms with Crippen LogP contribution in [0.1, 0.15) is 45.1 Å². The highest BCUT2D eigenvalue weighted by molar-refractivity contribution is 5.29. The van der Waals surface area contributed by atoms with E-state index in [0.29, 0.717) is 18.2 Å². The van der Waals surface area contributed by atoms with Gasteiger partial charge in [0.1, 0.15) is 0 Å². The number of hydrogen-bond acceptors (Lipinski definition) is 2. The average molecular weight is 265 g/mol. The summed E-state index contributed by atoms with van der Waals surface area (Å²) in [6, 6.07) is 5.29. The first kappa shape index (κ1) is 14.3. The fraction of sp³-hybridized carbons (Fsp3) is 0.625. The van der Waals surface area contributed by atoms with Crippen LogP contribution in [0.4, 0.5) is 4.39 Å². The number of ether oxygens (including phenoxy) is 1. The summed E-state index contributed by atoms with van der Waals surface area (Å²) in [5, 5.41) is 3.31. The molecule has 1 aliphatic rings. The minimum absolute atomic E-state index is 0.208. The first-order chi connectivity index (χ1) is 9.15. The Morgan fingerprint density at radius 1 is 1.32 bits per heavy atom.